The first-order chi connectivity index (χ1) is 13.5. The molecule has 0 aliphatic carbocycles. The molecule has 7 heteroatoms. The summed E-state index contributed by atoms with van der Waals surface area (Å²) in [6.07, 6.45) is 1.64. The number of rotatable bonds is 3. The molecule has 5 nitrogen and oxygen atoms in total. The Morgan fingerprint density at radius 2 is 1.96 bits per heavy atom. The molecular weight excluding hydrogens is 364 g/mol. The van der Waals surface area contributed by atoms with Crippen LogP contribution in [0.1, 0.15) is 29.0 Å². The average molecular weight is 383 g/mol. The van der Waals surface area contributed by atoms with Crippen LogP contribution in [-0.4, -0.2) is 34.0 Å². The fourth-order valence-corrected chi connectivity index (χ4v) is 3.66. The molecule has 1 aliphatic heterocycles. The Labute approximate surface area is 161 Å². The van der Waals surface area contributed by atoms with Gasteiger partial charge < -0.3 is 14.2 Å². The van der Waals surface area contributed by atoms with E-state index in [0.717, 1.165) is 11.8 Å². The molecule has 4 rings (SSSR count). The highest BCUT2D eigenvalue weighted by atomic mass is 19.1. The van der Waals surface area contributed by atoms with Gasteiger partial charge in [0.15, 0.2) is 0 Å². The van der Waals surface area contributed by atoms with Crippen LogP contribution >= 0.6 is 0 Å². The van der Waals surface area contributed by atoms with Crippen LogP contribution in [0.5, 0.6) is 5.75 Å². The maximum Gasteiger partial charge on any atom is 0.258 e. The number of methoxy groups -OCH3 is 1. The summed E-state index contributed by atoms with van der Waals surface area (Å²) in [7, 11) is 1.53. The second-order valence-electron chi connectivity index (χ2n) is 6.66. The van der Waals surface area contributed by atoms with Gasteiger partial charge in [0, 0.05) is 19.2 Å². The van der Waals surface area contributed by atoms with Crippen molar-refractivity contribution >= 4 is 5.91 Å². The zero-order valence-corrected chi connectivity index (χ0v) is 15.5. The topological polar surface area (TPSA) is 47.4 Å². The third-order valence-corrected chi connectivity index (χ3v) is 5.12. The van der Waals surface area contributed by atoms with Gasteiger partial charge >= 0.3 is 0 Å². The molecule has 0 saturated heterocycles. The normalized spacial score (nSPS) is 16.0. The number of carbonyl (C=O) groups is 1. The fourth-order valence-electron chi connectivity index (χ4n) is 3.66. The molecule has 0 radical (unpaired) electrons. The molecule has 144 valence electrons. The van der Waals surface area contributed by atoms with E-state index in [4.69, 9.17) is 4.74 Å². The molecule has 1 aliphatic rings. The highest BCUT2D eigenvalue weighted by Crippen LogP contribution is 2.33. The van der Waals surface area contributed by atoms with Crippen LogP contribution in [0, 0.1) is 11.6 Å². The minimum atomic E-state index is -0.659. The van der Waals surface area contributed by atoms with Crippen molar-refractivity contribution in [2.75, 3.05) is 13.7 Å². The summed E-state index contributed by atoms with van der Waals surface area (Å²) < 4.78 is 34.6. The molecule has 28 heavy (non-hydrogen) atoms. The van der Waals surface area contributed by atoms with Crippen LogP contribution in [0.15, 0.2) is 48.7 Å². The molecule has 0 saturated carbocycles. The van der Waals surface area contributed by atoms with Gasteiger partial charge in [0.05, 0.1) is 36.2 Å². The largest absolute Gasteiger partial charge is 0.496 e. The van der Waals surface area contributed by atoms with Crippen molar-refractivity contribution in [2.24, 2.45) is 0 Å². The average Bonchev–Trinajstić information content (AvgIpc) is 3.12. The summed E-state index contributed by atoms with van der Waals surface area (Å²) >= 11 is 0. The Morgan fingerprint density at radius 3 is 2.71 bits per heavy atom. The Morgan fingerprint density at radius 1 is 1.18 bits per heavy atom. The summed E-state index contributed by atoms with van der Waals surface area (Å²) in [5.74, 6) is -0.467. The lowest BCUT2D eigenvalue weighted by Gasteiger charge is -2.35. The lowest BCUT2D eigenvalue weighted by atomic mass is 10.1. The van der Waals surface area contributed by atoms with E-state index in [-0.39, 0.29) is 17.5 Å². The molecule has 1 amide bonds. The number of aromatic nitrogens is 2. The quantitative estimate of drug-likeness (QED) is 0.685. The number of hydrogen-bond acceptors (Lipinski definition) is 3. The van der Waals surface area contributed by atoms with Gasteiger partial charge in [-0.15, -0.1) is 0 Å². The summed E-state index contributed by atoms with van der Waals surface area (Å²) in [5.41, 5.74) is 1.53. The van der Waals surface area contributed by atoms with Crippen LogP contribution in [0.4, 0.5) is 8.78 Å². The molecule has 0 spiro atoms. The van der Waals surface area contributed by atoms with E-state index in [0.29, 0.717) is 30.2 Å². The van der Waals surface area contributed by atoms with Crippen molar-refractivity contribution in [3.63, 3.8) is 0 Å². The standard InChI is InChI=1S/C21H19F2N3O2/c1-13-18-12-24-20(15-8-7-14(22)11-17(15)23)26(18)10-9-25(13)21(27)16-5-3-4-6-19(16)28-2/h3-8,11-13H,9-10H2,1-2H3. The van der Waals surface area contributed by atoms with Crippen LogP contribution in [-0.2, 0) is 6.54 Å². The van der Waals surface area contributed by atoms with E-state index in [1.807, 2.05) is 17.6 Å². The van der Waals surface area contributed by atoms with Crippen LogP contribution in [0.2, 0.25) is 0 Å². The van der Waals surface area contributed by atoms with Crippen LogP contribution in [0.3, 0.4) is 0 Å². The number of benzene rings is 2. The second kappa shape index (κ2) is 7.07. The first kappa shape index (κ1) is 18.2. The maximum absolute atomic E-state index is 14.2. The zero-order valence-electron chi connectivity index (χ0n) is 15.5. The van der Waals surface area contributed by atoms with E-state index < -0.39 is 11.6 Å². The Kier molecular flexibility index (Phi) is 4.58. The molecule has 1 unspecified atom stereocenters. The highest BCUT2D eigenvalue weighted by Gasteiger charge is 2.32. The predicted octanol–water partition coefficient (Wildman–Crippen LogP) is 4.05. The van der Waals surface area contributed by atoms with Gasteiger partial charge in [0.2, 0.25) is 0 Å². The van der Waals surface area contributed by atoms with Crippen molar-refractivity contribution in [1.82, 2.24) is 14.5 Å². The van der Waals surface area contributed by atoms with E-state index in [1.165, 1.54) is 19.2 Å². The fraction of sp³-hybridized carbons (Fsp3) is 0.238. The molecule has 1 aromatic heterocycles. The van der Waals surface area contributed by atoms with E-state index in [2.05, 4.69) is 4.98 Å². The molecule has 2 aromatic carbocycles. The summed E-state index contributed by atoms with van der Waals surface area (Å²) in [4.78, 5) is 19.2. The molecule has 0 fully saturated rings. The molecule has 0 bridgehead atoms. The third kappa shape index (κ3) is 2.93. The molecule has 3 aromatic rings. The van der Waals surface area contributed by atoms with Gasteiger partial charge in [0.1, 0.15) is 23.2 Å². The Balaban J connectivity index is 1.67. The first-order valence-corrected chi connectivity index (χ1v) is 8.96. The lowest BCUT2D eigenvalue weighted by molar-refractivity contribution is 0.0641. The molecule has 0 N–H and O–H groups in total. The van der Waals surface area contributed by atoms with E-state index in [1.54, 1.807) is 29.3 Å². The van der Waals surface area contributed by atoms with Gasteiger partial charge in [-0.05, 0) is 31.2 Å². The van der Waals surface area contributed by atoms with Crippen LogP contribution in [0.25, 0.3) is 11.4 Å². The number of amides is 1. The van der Waals surface area contributed by atoms with E-state index in [9.17, 15) is 13.6 Å². The van der Waals surface area contributed by atoms with E-state index >= 15 is 0 Å². The molecule has 2 heterocycles. The third-order valence-electron chi connectivity index (χ3n) is 5.12. The minimum absolute atomic E-state index is 0.132. The maximum atomic E-state index is 14.2. The number of hydrogen-bond donors (Lipinski definition) is 0. The van der Waals surface area contributed by atoms with Gasteiger partial charge in [-0.2, -0.15) is 0 Å². The molecular formula is C21H19F2N3O2. The van der Waals surface area contributed by atoms with Crippen molar-refractivity contribution in [3.05, 3.63) is 71.6 Å². The summed E-state index contributed by atoms with van der Waals surface area (Å²) in [5, 5.41) is 0. The Hall–Kier alpha value is -3.22. The van der Waals surface area contributed by atoms with Gasteiger partial charge in [-0.25, -0.2) is 13.8 Å². The zero-order chi connectivity index (χ0) is 19.8. The van der Waals surface area contributed by atoms with Crippen molar-refractivity contribution in [1.29, 1.82) is 0 Å². The summed E-state index contributed by atoms with van der Waals surface area (Å²) in [6, 6.07) is 10.3. The number of carbonyl (C=O) groups excluding carboxylic acids is 1. The highest BCUT2D eigenvalue weighted by molar-refractivity contribution is 5.97. The number of halogens is 2. The van der Waals surface area contributed by atoms with Crippen molar-refractivity contribution in [3.8, 4) is 17.1 Å². The molecule has 1 atom stereocenters. The SMILES string of the molecule is COc1ccccc1C(=O)N1CCn2c(cnc2-c2ccc(F)cc2F)C1C. The van der Waals surface area contributed by atoms with Gasteiger partial charge in [0.25, 0.3) is 5.91 Å². The number of para-hydroxylation sites is 1. The summed E-state index contributed by atoms with van der Waals surface area (Å²) in [6.45, 7) is 2.81. The van der Waals surface area contributed by atoms with Crippen LogP contribution < -0.4 is 4.74 Å². The smallest absolute Gasteiger partial charge is 0.258 e. The number of ether oxygens (including phenoxy) is 1. The van der Waals surface area contributed by atoms with Gasteiger partial charge in [-0.1, -0.05) is 12.1 Å². The first-order valence-electron chi connectivity index (χ1n) is 8.96. The predicted molar refractivity (Wildman–Crippen MR) is 100 cm³/mol. The van der Waals surface area contributed by atoms with Crippen molar-refractivity contribution in [2.45, 2.75) is 19.5 Å². The number of fused-ring (bicyclic) bond motifs is 1. The van der Waals surface area contributed by atoms with Gasteiger partial charge in [-0.3, -0.25) is 4.79 Å². The lowest BCUT2D eigenvalue weighted by Crippen LogP contribution is -2.41. The number of imidazole rings is 1. The van der Waals surface area contributed by atoms with Crippen molar-refractivity contribution < 1.29 is 18.3 Å². The minimum Gasteiger partial charge on any atom is -0.496 e. The monoisotopic (exact) mass is 383 g/mol. The second-order valence-corrected chi connectivity index (χ2v) is 6.66. The Bertz CT molecular complexity index is 1050. The number of nitrogens with zero attached hydrogens (tertiary/aromatic N) is 3.